The number of aryl methyl sites for hydroxylation is 1. The van der Waals surface area contributed by atoms with Crippen molar-refractivity contribution in [3.8, 4) is 11.4 Å². The van der Waals surface area contributed by atoms with Gasteiger partial charge >= 0.3 is 0 Å². The molecule has 134 valence electrons. The molecule has 26 heavy (non-hydrogen) atoms. The number of ether oxygens (including phenoxy) is 1. The Bertz CT molecular complexity index is 904. The number of hydrogen-bond donors (Lipinski definition) is 1. The van der Waals surface area contributed by atoms with Crippen LogP contribution in [0.4, 0.5) is 0 Å². The summed E-state index contributed by atoms with van der Waals surface area (Å²) >= 11 is 3.41. The number of aromatic nitrogens is 2. The van der Waals surface area contributed by atoms with Gasteiger partial charge in [-0.3, -0.25) is 4.79 Å². The predicted molar refractivity (Wildman–Crippen MR) is 105 cm³/mol. The first kappa shape index (κ1) is 18.2. The molecule has 1 heterocycles. The van der Waals surface area contributed by atoms with Crippen LogP contribution in [0.5, 0.6) is 5.75 Å². The van der Waals surface area contributed by atoms with E-state index in [1.54, 1.807) is 24.2 Å². The molecule has 2 aromatic carbocycles. The number of rotatable bonds is 6. The van der Waals surface area contributed by atoms with Crippen LogP contribution in [-0.4, -0.2) is 29.3 Å². The van der Waals surface area contributed by atoms with E-state index in [0.29, 0.717) is 18.5 Å². The normalized spacial score (nSPS) is 10.6. The number of carbonyl (C=O) groups is 1. The van der Waals surface area contributed by atoms with Gasteiger partial charge in [-0.1, -0.05) is 33.6 Å². The Morgan fingerprint density at radius 1 is 1.23 bits per heavy atom. The van der Waals surface area contributed by atoms with Gasteiger partial charge in [0, 0.05) is 17.2 Å². The van der Waals surface area contributed by atoms with Crippen molar-refractivity contribution in [1.82, 2.24) is 15.1 Å². The first-order chi connectivity index (χ1) is 12.6. The highest BCUT2D eigenvalue weighted by atomic mass is 79.9. The Morgan fingerprint density at radius 3 is 2.73 bits per heavy atom. The molecule has 0 bridgehead atoms. The summed E-state index contributed by atoms with van der Waals surface area (Å²) in [7, 11) is 1.66. The lowest BCUT2D eigenvalue weighted by molar-refractivity contribution is 0.0954. The van der Waals surface area contributed by atoms with Gasteiger partial charge in [0.25, 0.3) is 5.91 Å². The van der Waals surface area contributed by atoms with Crippen molar-refractivity contribution in [2.24, 2.45) is 0 Å². The zero-order valence-corrected chi connectivity index (χ0v) is 16.3. The van der Waals surface area contributed by atoms with Crippen molar-refractivity contribution in [2.45, 2.75) is 13.3 Å². The van der Waals surface area contributed by atoms with E-state index in [9.17, 15) is 4.79 Å². The third kappa shape index (κ3) is 4.32. The van der Waals surface area contributed by atoms with Gasteiger partial charge in [0.2, 0.25) is 0 Å². The van der Waals surface area contributed by atoms with Crippen molar-refractivity contribution < 1.29 is 9.53 Å². The molecule has 0 saturated carbocycles. The Hall–Kier alpha value is -2.60. The molecule has 1 amide bonds. The van der Waals surface area contributed by atoms with Crippen LogP contribution in [0.1, 0.15) is 21.5 Å². The topological polar surface area (TPSA) is 56.1 Å². The molecule has 0 saturated heterocycles. The Kier molecular flexibility index (Phi) is 5.73. The summed E-state index contributed by atoms with van der Waals surface area (Å²) < 4.78 is 8.06. The van der Waals surface area contributed by atoms with Crippen molar-refractivity contribution in [1.29, 1.82) is 0 Å². The molecular formula is C20H20BrN3O2. The number of nitrogens with one attached hydrogen (secondary N) is 1. The lowest BCUT2D eigenvalue weighted by Gasteiger charge is -2.10. The maximum atomic E-state index is 12.4. The molecule has 0 atom stereocenters. The second kappa shape index (κ2) is 8.19. The molecule has 0 aliphatic carbocycles. The molecule has 1 aromatic heterocycles. The molecule has 0 radical (unpaired) electrons. The summed E-state index contributed by atoms with van der Waals surface area (Å²) in [6.07, 6.45) is 4.01. The smallest absolute Gasteiger partial charge is 0.254 e. The molecule has 0 spiro atoms. The first-order valence-corrected chi connectivity index (χ1v) is 9.08. The highest BCUT2D eigenvalue weighted by molar-refractivity contribution is 9.10. The highest BCUT2D eigenvalue weighted by Crippen LogP contribution is 2.20. The second-order valence-corrected chi connectivity index (χ2v) is 6.89. The van der Waals surface area contributed by atoms with Gasteiger partial charge in [-0.05, 0) is 49.2 Å². The summed E-state index contributed by atoms with van der Waals surface area (Å²) in [5.74, 6) is 0.702. The number of methoxy groups -OCH3 is 1. The fourth-order valence-electron chi connectivity index (χ4n) is 2.69. The van der Waals surface area contributed by atoms with Crippen molar-refractivity contribution in [3.05, 3.63) is 76.0 Å². The molecule has 0 aliphatic heterocycles. The van der Waals surface area contributed by atoms with Crippen LogP contribution in [0.3, 0.4) is 0 Å². The van der Waals surface area contributed by atoms with E-state index >= 15 is 0 Å². The summed E-state index contributed by atoms with van der Waals surface area (Å²) in [6, 6.07) is 13.8. The van der Waals surface area contributed by atoms with Crippen LogP contribution in [-0.2, 0) is 6.42 Å². The Morgan fingerprint density at radius 2 is 2.00 bits per heavy atom. The predicted octanol–water partition coefficient (Wildman–Crippen LogP) is 3.92. The summed E-state index contributed by atoms with van der Waals surface area (Å²) in [4.78, 5) is 12.4. The maximum Gasteiger partial charge on any atom is 0.254 e. The van der Waals surface area contributed by atoms with Crippen molar-refractivity contribution in [3.63, 3.8) is 0 Å². The number of hydrogen-bond acceptors (Lipinski definition) is 3. The number of amides is 1. The van der Waals surface area contributed by atoms with Crippen LogP contribution < -0.4 is 10.1 Å². The second-order valence-electron chi connectivity index (χ2n) is 5.97. The lowest BCUT2D eigenvalue weighted by atomic mass is 10.1. The average Bonchev–Trinajstić information content (AvgIpc) is 3.13. The molecule has 0 fully saturated rings. The maximum absolute atomic E-state index is 12.4. The average molecular weight is 414 g/mol. The van der Waals surface area contributed by atoms with Gasteiger partial charge in [-0.25, -0.2) is 4.68 Å². The van der Waals surface area contributed by atoms with Crippen LogP contribution in [0.2, 0.25) is 0 Å². The SMILES string of the molecule is COc1ccc(C)cc1CCNC(=O)c1cnn(-c2ccc(Br)cc2)c1. The minimum absolute atomic E-state index is 0.139. The van der Waals surface area contributed by atoms with Crippen LogP contribution in [0, 0.1) is 6.92 Å². The number of halogens is 1. The number of nitrogens with zero attached hydrogens (tertiary/aromatic N) is 2. The molecule has 5 nitrogen and oxygen atoms in total. The summed E-state index contributed by atoms with van der Waals surface area (Å²) in [5, 5.41) is 7.20. The van der Waals surface area contributed by atoms with Crippen LogP contribution in [0.15, 0.2) is 59.3 Å². The lowest BCUT2D eigenvalue weighted by Crippen LogP contribution is -2.25. The van der Waals surface area contributed by atoms with E-state index < -0.39 is 0 Å². The molecular weight excluding hydrogens is 394 g/mol. The third-order valence-corrected chi connectivity index (χ3v) is 4.58. The summed E-state index contributed by atoms with van der Waals surface area (Å²) in [5.41, 5.74) is 3.68. The quantitative estimate of drug-likeness (QED) is 0.665. The molecule has 0 unspecified atom stereocenters. The molecule has 3 aromatic rings. The fourth-order valence-corrected chi connectivity index (χ4v) is 2.95. The van der Waals surface area contributed by atoms with E-state index in [4.69, 9.17) is 4.74 Å². The van der Waals surface area contributed by atoms with Gasteiger partial charge < -0.3 is 10.1 Å². The Labute approximate surface area is 161 Å². The standard InChI is InChI=1S/C20H20BrN3O2/c1-14-3-8-19(26-2)15(11-14)9-10-22-20(25)16-12-23-24(13-16)18-6-4-17(21)5-7-18/h3-8,11-13H,9-10H2,1-2H3,(H,22,25). The van der Waals surface area contributed by atoms with E-state index in [0.717, 1.165) is 21.5 Å². The zero-order chi connectivity index (χ0) is 18.5. The highest BCUT2D eigenvalue weighted by Gasteiger charge is 2.10. The summed E-state index contributed by atoms with van der Waals surface area (Å²) in [6.45, 7) is 2.57. The molecule has 3 rings (SSSR count). The van der Waals surface area contributed by atoms with Gasteiger partial charge in [0.1, 0.15) is 5.75 Å². The number of benzene rings is 2. The van der Waals surface area contributed by atoms with Gasteiger partial charge in [-0.2, -0.15) is 5.10 Å². The number of carbonyl (C=O) groups excluding carboxylic acids is 1. The van der Waals surface area contributed by atoms with Crippen molar-refractivity contribution in [2.75, 3.05) is 13.7 Å². The molecule has 1 N–H and O–H groups in total. The van der Waals surface area contributed by atoms with E-state index in [2.05, 4.69) is 32.4 Å². The van der Waals surface area contributed by atoms with Gasteiger partial charge in [0.15, 0.2) is 0 Å². The van der Waals surface area contributed by atoms with Crippen molar-refractivity contribution >= 4 is 21.8 Å². The van der Waals surface area contributed by atoms with E-state index in [1.165, 1.54) is 5.56 Å². The Balaban J connectivity index is 1.61. The minimum atomic E-state index is -0.139. The molecule has 0 aliphatic rings. The van der Waals surface area contributed by atoms with Crippen LogP contribution >= 0.6 is 15.9 Å². The third-order valence-electron chi connectivity index (χ3n) is 4.05. The first-order valence-electron chi connectivity index (χ1n) is 8.29. The van der Waals surface area contributed by atoms with Crippen LogP contribution in [0.25, 0.3) is 5.69 Å². The largest absolute Gasteiger partial charge is 0.496 e. The fraction of sp³-hybridized carbons (Fsp3) is 0.200. The van der Waals surface area contributed by atoms with Gasteiger partial charge in [-0.15, -0.1) is 0 Å². The molecule has 6 heteroatoms. The van der Waals surface area contributed by atoms with Gasteiger partial charge in [0.05, 0.1) is 24.6 Å². The monoisotopic (exact) mass is 413 g/mol. The van der Waals surface area contributed by atoms with E-state index in [1.807, 2.05) is 43.3 Å². The minimum Gasteiger partial charge on any atom is -0.496 e. The zero-order valence-electron chi connectivity index (χ0n) is 14.7. The van der Waals surface area contributed by atoms with E-state index in [-0.39, 0.29) is 5.91 Å².